The number of hydrogen-bond acceptors (Lipinski definition) is 4. The molecule has 0 radical (unpaired) electrons. The minimum Gasteiger partial charge on any atom is -0.288 e. The lowest BCUT2D eigenvalue weighted by Gasteiger charge is -2.11. The van der Waals surface area contributed by atoms with Gasteiger partial charge in [-0.15, -0.1) is 23.5 Å². The topological polar surface area (TPSA) is 17.1 Å². The molecule has 2 aromatic carbocycles. The third kappa shape index (κ3) is 5.08. The largest absolute Gasteiger partial charge is 0.288 e. The van der Waals surface area contributed by atoms with Gasteiger partial charge in [-0.3, -0.25) is 4.79 Å². The van der Waals surface area contributed by atoms with Crippen molar-refractivity contribution in [3.05, 3.63) is 73.8 Å². The van der Waals surface area contributed by atoms with Crippen LogP contribution in [0.4, 0.5) is 0 Å². The van der Waals surface area contributed by atoms with Crippen molar-refractivity contribution in [3.8, 4) is 0 Å². The zero-order valence-electron chi connectivity index (χ0n) is 13.1. The molecule has 0 saturated heterocycles. The first kappa shape index (κ1) is 18.5. The highest BCUT2D eigenvalue weighted by atomic mass is 35.5. The zero-order chi connectivity index (χ0) is 16.8. The summed E-state index contributed by atoms with van der Waals surface area (Å²) >= 11 is 10.6. The van der Waals surface area contributed by atoms with Gasteiger partial charge in [0.1, 0.15) is 0 Å². The van der Waals surface area contributed by atoms with Crippen LogP contribution in [-0.2, 0) is 0 Å². The van der Waals surface area contributed by atoms with E-state index in [9.17, 15) is 4.79 Å². The van der Waals surface area contributed by atoms with Crippen LogP contribution in [0.15, 0.2) is 62.6 Å². The Kier molecular flexibility index (Phi) is 7.15. The summed E-state index contributed by atoms with van der Waals surface area (Å²) in [7, 11) is 0. The van der Waals surface area contributed by atoms with Gasteiger partial charge >= 0.3 is 0 Å². The lowest BCUT2D eigenvalue weighted by molar-refractivity contribution is 0.104. The lowest BCUT2D eigenvalue weighted by Crippen LogP contribution is -2.02. The Morgan fingerprint density at radius 3 is 2.00 bits per heavy atom. The molecule has 5 heteroatoms. The van der Waals surface area contributed by atoms with Crippen LogP contribution >= 0.6 is 46.9 Å². The summed E-state index contributed by atoms with van der Waals surface area (Å²) in [6, 6.07) is 15.3. The fourth-order valence-electron chi connectivity index (χ4n) is 1.91. The maximum Gasteiger partial charge on any atom is 0.201 e. The molecule has 2 rings (SSSR count). The second-order valence-electron chi connectivity index (χ2n) is 4.78. The van der Waals surface area contributed by atoms with Gasteiger partial charge in [-0.25, -0.2) is 0 Å². The number of carbonyl (C=O) groups is 1. The van der Waals surface area contributed by atoms with Crippen LogP contribution in [-0.4, -0.2) is 18.3 Å². The minimum absolute atomic E-state index is 0.0333. The summed E-state index contributed by atoms with van der Waals surface area (Å²) in [5.74, 6) is 0.0333. The Bertz CT molecular complexity index is 700. The number of thioether (sulfide) groups is 3. The number of benzene rings is 2. The molecule has 0 heterocycles. The van der Waals surface area contributed by atoms with Gasteiger partial charge in [0.15, 0.2) is 0 Å². The van der Waals surface area contributed by atoms with E-state index in [0.717, 1.165) is 14.0 Å². The van der Waals surface area contributed by atoms with Gasteiger partial charge in [-0.05, 0) is 55.8 Å². The number of carbonyl (C=O) groups excluding carboxylic acids is 1. The molecule has 0 fully saturated rings. The van der Waals surface area contributed by atoms with Gasteiger partial charge < -0.3 is 0 Å². The molecular formula is C18H17ClOS3. The second kappa shape index (κ2) is 8.88. The SMILES string of the molecule is CSC(SC)=C(Sc1ccc(C)cc1)C(=O)c1ccc(Cl)cc1. The van der Waals surface area contributed by atoms with Crippen LogP contribution in [0.2, 0.25) is 5.02 Å². The van der Waals surface area contributed by atoms with Crippen LogP contribution in [0.25, 0.3) is 0 Å². The Hall–Kier alpha value is -0.810. The smallest absolute Gasteiger partial charge is 0.201 e. The monoisotopic (exact) mass is 380 g/mol. The molecule has 0 unspecified atom stereocenters. The Morgan fingerprint density at radius 1 is 0.913 bits per heavy atom. The number of ketones is 1. The van der Waals surface area contributed by atoms with Crippen LogP contribution in [0.1, 0.15) is 15.9 Å². The van der Waals surface area contributed by atoms with Gasteiger partial charge in [0.25, 0.3) is 0 Å². The molecule has 0 amide bonds. The third-order valence-corrected chi connectivity index (χ3v) is 6.87. The number of aryl methyl sites for hydroxylation is 1. The molecule has 0 aliphatic carbocycles. The summed E-state index contributed by atoms with van der Waals surface area (Å²) in [6.45, 7) is 2.05. The number of rotatable bonds is 6. The van der Waals surface area contributed by atoms with Crippen LogP contribution < -0.4 is 0 Å². The van der Waals surface area contributed by atoms with Crippen molar-refractivity contribution in [3.63, 3.8) is 0 Å². The van der Waals surface area contributed by atoms with Gasteiger partial charge in [-0.1, -0.05) is 41.1 Å². The van der Waals surface area contributed by atoms with Crippen molar-refractivity contribution >= 4 is 52.7 Å². The Morgan fingerprint density at radius 2 is 1.48 bits per heavy atom. The van der Waals surface area contributed by atoms with Crippen molar-refractivity contribution in [2.75, 3.05) is 12.5 Å². The fraction of sp³-hybridized carbons (Fsp3) is 0.167. The predicted octanol–water partition coefficient (Wildman–Crippen LogP) is 6.52. The molecule has 0 atom stereocenters. The lowest BCUT2D eigenvalue weighted by atomic mass is 10.1. The molecule has 120 valence electrons. The predicted molar refractivity (Wildman–Crippen MR) is 107 cm³/mol. The van der Waals surface area contributed by atoms with Gasteiger partial charge in [-0.2, -0.15) is 0 Å². The van der Waals surface area contributed by atoms with E-state index in [4.69, 9.17) is 11.6 Å². The molecule has 0 aromatic heterocycles. The summed E-state index contributed by atoms with van der Waals surface area (Å²) in [5, 5.41) is 0.633. The number of Topliss-reactive ketones (excluding diaryl/α,β-unsaturated/α-hetero) is 1. The number of hydrogen-bond donors (Lipinski definition) is 0. The van der Waals surface area contributed by atoms with Crippen LogP contribution in [0.5, 0.6) is 0 Å². The molecule has 2 aromatic rings. The van der Waals surface area contributed by atoms with E-state index < -0.39 is 0 Å². The van der Waals surface area contributed by atoms with Crippen LogP contribution in [0.3, 0.4) is 0 Å². The van der Waals surface area contributed by atoms with Gasteiger partial charge in [0.05, 0.1) is 9.14 Å². The Balaban J connectivity index is 2.38. The standard InChI is InChI=1S/C18H17ClOS3/c1-12-4-10-15(11-5-12)23-17(18(21-2)22-3)16(20)13-6-8-14(19)9-7-13/h4-11H,1-3H3. The maximum atomic E-state index is 12.9. The average molecular weight is 381 g/mol. The normalized spacial score (nSPS) is 10.4. The first-order valence-corrected chi connectivity index (χ1v) is 10.6. The van der Waals surface area contributed by atoms with E-state index in [0.29, 0.717) is 10.6 Å². The Labute approximate surface area is 155 Å². The van der Waals surface area contributed by atoms with E-state index in [2.05, 4.69) is 19.1 Å². The maximum absolute atomic E-state index is 12.9. The van der Waals surface area contributed by atoms with E-state index in [1.54, 1.807) is 47.8 Å². The number of halogens is 1. The average Bonchev–Trinajstić information content (AvgIpc) is 2.57. The van der Waals surface area contributed by atoms with Crippen molar-refractivity contribution in [1.29, 1.82) is 0 Å². The molecule has 0 N–H and O–H groups in total. The molecule has 1 nitrogen and oxygen atoms in total. The van der Waals surface area contributed by atoms with Gasteiger partial charge in [0, 0.05) is 15.5 Å². The van der Waals surface area contributed by atoms with E-state index >= 15 is 0 Å². The molecule has 23 heavy (non-hydrogen) atoms. The quantitative estimate of drug-likeness (QED) is 0.322. The molecule has 0 spiro atoms. The van der Waals surface area contributed by atoms with E-state index in [1.807, 2.05) is 24.6 Å². The first-order valence-electron chi connectivity index (χ1n) is 6.92. The first-order chi connectivity index (χ1) is 11.0. The third-order valence-electron chi connectivity index (χ3n) is 3.11. The minimum atomic E-state index is 0.0333. The molecule has 0 saturated carbocycles. The highest BCUT2D eigenvalue weighted by Crippen LogP contribution is 2.39. The fourth-order valence-corrected chi connectivity index (χ4v) is 4.81. The van der Waals surface area contributed by atoms with Crippen LogP contribution in [0, 0.1) is 6.92 Å². The molecule has 0 bridgehead atoms. The molecular weight excluding hydrogens is 364 g/mol. The summed E-state index contributed by atoms with van der Waals surface area (Å²) in [5.41, 5.74) is 1.86. The van der Waals surface area contributed by atoms with Gasteiger partial charge in [0.2, 0.25) is 5.78 Å². The van der Waals surface area contributed by atoms with Crippen molar-refractivity contribution in [2.24, 2.45) is 0 Å². The highest BCUT2D eigenvalue weighted by molar-refractivity contribution is 8.22. The van der Waals surface area contributed by atoms with Crippen molar-refractivity contribution < 1.29 is 4.79 Å². The number of allylic oxidation sites excluding steroid dienone is 1. The van der Waals surface area contributed by atoms with Crippen molar-refractivity contribution in [1.82, 2.24) is 0 Å². The summed E-state index contributed by atoms with van der Waals surface area (Å²) in [6.07, 6.45) is 3.99. The van der Waals surface area contributed by atoms with Crippen molar-refractivity contribution in [2.45, 2.75) is 11.8 Å². The highest BCUT2D eigenvalue weighted by Gasteiger charge is 2.18. The molecule has 0 aliphatic heterocycles. The molecule has 0 aliphatic rings. The second-order valence-corrected chi connectivity index (χ2v) is 8.19. The van der Waals surface area contributed by atoms with E-state index in [1.165, 1.54) is 17.3 Å². The summed E-state index contributed by atoms with van der Waals surface area (Å²) in [4.78, 5) is 14.8. The summed E-state index contributed by atoms with van der Waals surface area (Å²) < 4.78 is 1.02. The van der Waals surface area contributed by atoms with E-state index in [-0.39, 0.29) is 5.78 Å². The zero-order valence-corrected chi connectivity index (χ0v) is 16.3.